The number of halogens is 5. The van der Waals surface area contributed by atoms with Crippen molar-refractivity contribution in [1.82, 2.24) is 40.0 Å². The summed E-state index contributed by atoms with van der Waals surface area (Å²) >= 11 is 6.76. The maximum atomic E-state index is 14.3. The van der Waals surface area contributed by atoms with Gasteiger partial charge in [-0.05, 0) is 86.2 Å². The molecule has 2 aliphatic heterocycles. The van der Waals surface area contributed by atoms with Crippen LogP contribution in [0.25, 0.3) is 33.6 Å². The number of alkyl halides is 4. The molecule has 67 heavy (non-hydrogen) atoms. The number of aromatic nitrogens is 4. The minimum Gasteiger partial charge on any atom is -0.465 e. The fraction of sp³-hybridized carbons (Fsp3) is 0.542. The van der Waals surface area contributed by atoms with Gasteiger partial charge in [0.05, 0.1) is 30.6 Å². The Balaban J connectivity index is 0.723. The molecular weight excluding hydrogens is 896 g/mol. The number of ether oxygens (including phenoxy) is 1. The quantitative estimate of drug-likeness (QED) is 0.108. The number of nitrogens with zero attached hydrogens (tertiary/aromatic N) is 5. The van der Waals surface area contributed by atoms with Crippen LogP contribution in [-0.2, 0) is 14.3 Å². The minimum absolute atomic E-state index is 0.0318. The molecule has 4 aromatic rings. The molecule has 2 unspecified atom stereocenters. The van der Waals surface area contributed by atoms with Gasteiger partial charge in [-0.15, -0.1) is 0 Å². The van der Waals surface area contributed by atoms with Crippen LogP contribution in [0.15, 0.2) is 54.7 Å². The zero-order valence-electron chi connectivity index (χ0n) is 36.6. The molecule has 4 amide bonds. The summed E-state index contributed by atoms with van der Waals surface area (Å²) in [6.45, 7) is 0. The summed E-state index contributed by atoms with van der Waals surface area (Å²) in [7, 11) is 2.56. The van der Waals surface area contributed by atoms with E-state index in [1.807, 2.05) is 48.5 Å². The Morgan fingerprint density at radius 3 is 1.81 bits per heavy atom. The van der Waals surface area contributed by atoms with E-state index >= 15 is 0 Å². The van der Waals surface area contributed by atoms with Crippen LogP contribution in [0.2, 0.25) is 5.15 Å². The first kappa shape index (κ1) is 42.7. The van der Waals surface area contributed by atoms with Crippen molar-refractivity contribution < 1.29 is 46.6 Å². The molecule has 14 nitrogen and oxygen atoms in total. The lowest BCUT2D eigenvalue weighted by atomic mass is 9.91. The highest BCUT2D eigenvalue weighted by Crippen LogP contribution is 2.68. The van der Waals surface area contributed by atoms with Crippen molar-refractivity contribution in [3.63, 3.8) is 0 Å². The fourth-order valence-electron chi connectivity index (χ4n) is 13.0. The van der Waals surface area contributed by atoms with Crippen molar-refractivity contribution in [3.8, 4) is 33.6 Å². The SMILES string of the molecule is COC(=O)NC(C(=O)N1[C@@H]2C[C@@H]2C[C@H]1c1nc(Cl)c(-c2ccc(-c3ccc(-c4c[nH]c([C@@H]5C[C@H]6C[C@H]6N5C(=O)C([C@H]5C[C@@H]6[C@H](C5)C6(F)F)N(C)C(=O)O)n4)cc3)cc2)[nH]1)[C@H]1C[C@@H]2[C@H](C1)C2(F)F. The summed E-state index contributed by atoms with van der Waals surface area (Å²) in [6, 6.07) is 12.8. The Labute approximate surface area is 387 Å². The van der Waals surface area contributed by atoms with Crippen LogP contribution in [0, 0.1) is 47.3 Å². The summed E-state index contributed by atoms with van der Waals surface area (Å²) in [5.74, 6) is -8.41. The number of aromatic amines is 2. The van der Waals surface area contributed by atoms with Crippen molar-refractivity contribution in [2.45, 2.75) is 99.5 Å². The molecule has 0 spiro atoms. The van der Waals surface area contributed by atoms with Gasteiger partial charge in [0.25, 0.3) is 11.8 Å². The first-order valence-corrected chi connectivity index (χ1v) is 23.6. The highest BCUT2D eigenvalue weighted by molar-refractivity contribution is 6.32. The second kappa shape index (κ2) is 14.9. The van der Waals surface area contributed by atoms with Crippen LogP contribution in [0.5, 0.6) is 0 Å². The average molecular weight is 945 g/mol. The molecule has 6 saturated carbocycles. The third kappa shape index (κ3) is 6.84. The van der Waals surface area contributed by atoms with Gasteiger partial charge in [0.15, 0.2) is 5.15 Å². The number of alkyl carbamates (subject to hydrolysis) is 1. The number of imidazole rings is 2. The van der Waals surface area contributed by atoms with Crippen LogP contribution >= 0.6 is 11.6 Å². The maximum absolute atomic E-state index is 14.3. The van der Waals surface area contributed by atoms with Crippen molar-refractivity contribution in [2.75, 3.05) is 14.2 Å². The van der Waals surface area contributed by atoms with Gasteiger partial charge in [-0.1, -0.05) is 60.1 Å². The second-order valence-corrected chi connectivity index (χ2v) is 20.8. The van der Waals surface area contributed by atoms with Gasteiger partial charge in [-0.2, -0.15) is 0 Å². The molecule has 2 saturated heterocycles. The van der Waals surface area contributed by atoms with E-state index in [-0.39, 0.29) is 72.6 Å². The largest absolute Gasteiger partial charge is 0.465 e. The Kier molecular flexibility index (Phi) is 9.51. The van der Waals surface area contributed by atoms with E-state index < -0.39 is 77.7 Å². The number of likely N-dealkylation sites (N-methyl/N-ethyl adjacent to an activating group) is 1. The van der Waals surface area contributed by atoms with E-state index in [0.717, 1.165) is 40.0 Å². The molecule has 14 atom stereocenters. The molecule has 19 heteroatoms. The highest BCUT2D eigenvalue weighted by atomic mass is 35.5. The summed E-state index contributed by atoms with van der Waals surface area (Å²) < 4.78 is 61.3. The van der Waals surface area contributed by atoms with Gasteiger partial charge < -0.3 is 34.9 Å². The van der Waals surface area contributed by atoms with Crippen LogP contribution in [-0.4, -0.2) is 114 Å². The molecule has 8 aliphatic rings. The Morgan fingerprint density at radius 1 is 0.746 bits per heavy atom. The predicted molar refractivity (Wildman–Crippen MR) is 232 cm³/mol. The Morgan fingerprint density at radius 2 is 1.25 bits per heavy atom. The first-order valence-electron chi connectivity index (χ1n) is 23.3. The zero-order valence-corrected chi connectivity index (χ0v) is 37.3. The van der Waals surface area contributed by atoms with Gasteiger partial charge in [-0.25, -0.2) is 37.1 Å². The number of likely N-dealkylation sites (tertiary alicyclic amines) is 2. The zero-order chi connectivity index (χ0) is 46.6. The van der Waals surface area contributed by atoms with Crippen LogP contribution < -0.4 is 5.32 Å². The topological polar surface area (TPSA) is 177 Å². The number of nitrogens with one attached hydrogen (secondary N) is 3. The molecule has 0 radical (unpaired) electrons. The number of H-pyrrole nitrogens is 2. The van der Waals surface area contributed by atoms with Crippen LogP contribution in [0.4, 0.5) is 27.2 Å². The van der Waals surface area contributed by atoms with Crippen molar-refractivity contribution in [2.24, 2.45) is 47.3 Å². The third-order valence-electron chi connectivity index (χ3n) is 16.9. The number of carboxylic acid groups (broad SMARTS) is 1. The van der Waals surface area contributed by atoms with Gasteiger partial charge in [0.2, 0.25) is 11.8 Å². The van der Waals surface area contributed by atoms with E-state index in [4.69, 9.17) is 21.3 Å². The Bertz CT molecular complexity index is 2670. The monoisotopic (exact) mass is 944 g/mol. The number of amides is 4. The number of piperidine rings is 2. The molecule has 6 aliphatic carbocycles. The van der Waals surface area contributed by atoms with Gasteiger partial charge in [0.1, 0.15) is 23.7 Å². The standard InChI is InChI=1S/C48H49ClF4N8O6/c1-59(46(65)66)39(27-13-30-31(14-27)48(30,52)53)44(63)61-34-16-24(34)17-35(61)41-54-19-32(55-41)22-7-3-20(4-8-22)21-5-9-23(10-6-21)37-40(49)58-42(56-37)36-18-25-15-33(25)60(36)43(62)38(57-45(64)67-2)26-11-28-29(12-26)47(28,50)51/h3-10,19,24-31,33-36,38-39H,11-18H2,1-2H3,(H,54,55)(H,56,58)(H,57,64)(H,65,66)/t24-,25-,26-,27-,28+,29-,30+,31-,33-,34-,35+,36+,38?,39?/m1/s1. The number of benzene rings is 2. The lowest BCUT2D eigenvalue weighted by Gasteiger charge is -2.36. The van der Waals surface area contributed by atoms with Crippen LogP contribution in [0.3, 0.4) is 0 Å². The number of carbonyl (C=O) groups excluding carboxylic acids is 3. The molecule has 2 aromatic carbocycles. The number of carbonyl (C=O) groups is 4. The van der Waals surface area contributed by atoms with Crippen molar-refractivity contribution >= 4 is 35.6 Å². The van der Waals surface area contributed by atoms with E-state index in [2.05, 4.69) is 20.3 Å². The molecular formula is C48H49ClF4N8O6. The number of methoxy groups -OCH3 is 1. The summed E-state index contributed by atoms with van der Waals surface area (Å²) in [5.41, 5.74) is 4.79. The van der Waals surface area contributed by atoms with E-state index in [1.165, 1.54) is 14.2 Å². The smallest absolute Gasteiger partial charge is 0.407 e. The molecule has 8 fully saturated rings. The normalized spacial score (nSPS) is 33.8. The van der Waals surface area contributed by atoms with E-state index in [0.29, 0.717) is 35.9 Å². The summed E-state index contributed by atoms with van der Waals surface area (Å²) in [5, 5.41) is 12.8. The van der Waals surface area contributed by atoms with Crippen LogP contribution in [0.1, 0.15) is 75.1 Å². The molecule has 352 valence electrons. The molecule has 0 bridgehead atoms. The second-order valence-electron chi connectivity index (χ2n) is 20.4. The molecule has 12 rings (SSSR count). The average Bonchev–Trinajstić information content (AvgIpc) is 4.02. The highest BCUT2D eigenvalue weighted by Gasteiger charge is 2.74. The number of fused-ring (bicyclic) bond motifs is 4. The summed E-state index contributed by atoms with van der Waals surface area (Å²) in [6.07, 6.45) is 3.34. The lowest BCUT2D eigenvalue weighted by Crippen LogP contribution is -2.53. The van der Waals surface area contributed by atoms with Crippen molar-refractivity contribution in [3.05, 3.63) is 71.5 Å². The lowest BCUT2D eigenvalue weighted by molar-refractivity contribution is -0.140. The maximum Gasteiger partial charge on any atom is 0.407 e. The first-order chi connectivity index (χ1) is 32.0. The number of rotatable bonds is 11. The summed E-state index contributed by atoms with van der Waals surface area (Å²) in [4.78, 5) is 73.9. The van der Waals surface area contributed by atoms with Crippen molar-refractivity contribution in [1.29, 1.82) is 0 Å². The van der Waals surface area contributed by atoms with Gasteiger partial charge >= 0.3 is 12.2 Å². The number of hydrogen-bond donors (Lipinski definition) is 4. The fourth-order valence-corrected chi connectivity index (χ4v) is 13.2. The third-order valence-corrected chi connectivity index (χ3v) is 17.2. The van der Waals surface area contributed by atoms with Gasteiger partial charge in [-0.3, -0.25) is 14.5 Å². The predicted octanol–water partition coefficient (Wildman–Crippen LogP) is 8.40. The molecule has 2 aromatic heterocycles. The molecule has 4 N–H and O–H groups in total. The van der Waals surface area contributed by atoms with E-state index in [1.54, 1.807) is 16.0 Å². The number of hydrogen-bond acceptors (Lipinski definition) is 7. The van der Waals surface area contributed by atoms with Gasteiger partial charge in [0, 0.05) is 60.1 Å². The Hall–Kier alpha value is -5.65. The molecule has 4 heterocycles. The minimum atomic E-state index is -2.73. The van der Waals surface area contributed by atoms with E-state index in [9.17, 15) is 41.8 Å².